The minimum Gasteiger partial charge on any atom is -0.345 e. The molecule has 0 N–H and O–H groups in total. The van der Waals surface area contributed by atoms with Crippen molar-refractivity contribution < 1.29 is 9.85 Å². The van der Waals surface area contributed by atoms with Crippen LogP contribution in [0.3, 0.4) is 0 Å². The summed E-state index contributed by atoms with van der Waals surface area (Å²) in [5.41, 5.74) is 23.9. The fraction of sp³-hybridized carbons (Fsp3) is 0.0233. The number of rotatable bonds is 18. The van der Waals surface area contributed by atoms with Gasteiger partial charge in [-0.05, 0) is 182 Å². The van der Waals surface area contributed by atoms with Gasteiger partial charge < -0.3 is 19.6 Å². The Balaban J connectivity index is 0.000000174. The van der Waals surface area contributed by atoms with Gasteiger partial charge in [-0.3, -0.25) is 20.2 Å². The molecular weight excluding hydrogens is 1180 g/mol. The number of hydrogen-bond acceptors (Lipinski definition) is 8. The molecule has 0 saturated carbocycles. The topological polar surface area (TPSA) is 99.2 Å². The summed E-state index contributed by atoms with van der Waals surface area (Å²) in [6.45, 7) is 0. The number of nitro benzene ring substituents is 2. The molecule has 0 radical (unpaired) electrons. The van der Waals surface area contributed by atoms with Gasteiger partial charge >= 0.3 is 0 Å². The van der Waals surface area contributed by atoms with Gasteiger partial charge in [0, 0.05) is 95.2 Å². The molecule has 10 nitrogen and oxygen atoms in total. The van der Waals surface area contributed by atoms with Crippen LogP contribution in [-0.2, 0) is 0 Å². The molecule has 0 unspecified atom stereocenters. The highest BCUT2D eigenvalue weighted by atomic mass is 16.6. The van der Waals surface area contributed by atoms with Crippen LogP contribution in [0.5, 0.6) is 0 Å². The maximum Gasteiger partial charge on any atom is 0.271 e. The lowest BCUT2D eigenvalue weighted by atomic mass is 10.0. The summed E-state index contributed by atoms with van der Waals surface area (Å²) in [6.07, 6.45) is 0. The Bertz CT molecular complexity index is 4780. The van der Waals surface area contributed by atoms with Crippen molar-refractivity contribution in [2.75, 3.05) is 33.7 Å². The summed E-state index contributed by atoms with van der Waals surface area (Å²) in [4.78, 5) is 30.2. The normalized spacial score (nSPS) is 10.8. The lowest BCUT2D eigenvalue weighted by Gasteiger charge is -2.27. The summed E-state index contributed by atoms with van der Waals surface area (Å²) in [6, 6.07) is 124. The number of non-ortho nitro benzene ring substituents is 2. The SMILES string of the molecule is CN(c1ccc(-c2ccc(N(c3cccc(-c4ccccc4)c3)c3cccc(-c4ccccc4)c3)cc2)cc1)c1ccc([N+](=O)[O-])cc1.CN(c1ccc(-c2ccc(N(c3cccc(-c4ccccc4)c3)c3cccc(-c4ccccc4)c3)cc2)cc1)c1cccc([N+](=O)[O-])c1. The van der Waals surface area contributed by atoms with Gasteiger partial charge in [0.2, 0.25) is 0 Å². The van der Waals surface area contributed by atoms with E-state index in [4.69, 9.17) is 0 Å². The second-order valence-electron chi connectivity index (χ2n) is 23.2. The van der Waals surface area contributed by atoms with Gasteiger partial charge in [-0.2, -0.15) is 0 Å². The van der Waals surface area contributed by atoms with Crippen molar-refractivity contribution in [1.29, 1.82) is 0 Å². The lowest BCUT2D eigenvalue weighted by Crippen LogP contribution is -2.10. The molecule has 0 saturated heterocycles. The standard InChI is InChI=1S/2C43H33N3O2/c1-44(40-17-10-20-43(31-40)46(47)48)38-25-21-34(22-26-38)35-23-27-39(28-24-35)45(41-18-8-15-36(29-41)32-11-4-2-5-12-32)42-19-9-16-37(30-42)33-13-6-3-7-14-33;1-44(39-26-28-41(29-27-39)46(47)48)38-22-18-34(19-23-38)35-20-24-40(25-21-35)45(42-16-8-14-36(30-42)32-10-4-2-5-11-32)43-17-9-15-37(31-43)33-12-6-3-7-13-33/h2*2-31H,1H3. The highest BCUT2D eigenvalue weighted by Crippen LogP contribution is 2.42. The van der Waals surface area contributed by atoms with Crippen LogP contribution >= 0.6 is 0 Å². The molecule has 0 heterocycles. The molecule has 464 valence electrons. The molecule has 0 fully saturated rings. The zero-order valence-corrected chi connectivity index (χ0v) is 53.0. The van der Waals surface area contributed by atoms with Gasteiger partial charge in [-0.25, -0.2) is 0 Å². The predicted molar refractivity (Wildman–Crippen MR) is 397 cm³/mol. The van der Waals surface area contributed by atoms with E-state index >= 15 is 0 Å². The predicted octanol–water partition coefficient (Wildman–Crippen LogP) is 23.7. The molecule has 0 aromatic heterocycles. The molecule has 0 atom stereocenters. The van der Waals surface area contributed by atoms with E-state index in [1.54, 1.807) is 24.3 Å². The molecule has 10 heteroatoms. The zero-order chi connectivity index (χ0) is 65.7. The molecule has 0 bridgehead atoms. The van der Waals surface area contributed by atoms with E-state index in [1.807, 2.05) is 66.4 Å². The fourth-order valence-corrected chi connectivity index (χ4v) is 12.0. The Morgan fingerprint density at radius 1 is 0.198 bits per heavy atom. The zero-order valence-electron chi connectivity index (χ0n) is 53.0. The van der Waals surface area contributed by atoms with E-state index in [0.29, 0.717) is 0 Å². The van der Waals surface area contributed by atoms with Crippen LogP contribution in [0, 0.1) is 20.2 Å². The molecule has 96 heavy (non-hydrogen) atoms. The summed E-state index contributed by atoms with van der Waals surface area (Å²) >= 11 is 0. The van der Waals surface area contributed by atoms with Gasteiger partial charge in [-0.1, -0.05) is 224 Å². The highest BCUT2D eigenvalue weighted by molar-refractivity contribution is 5.86. The Morgan fingerprint density at radius 2 is 0.427 bits per heavy atom. The maximum absolute atomic E-state index is 11.3. The van der Waals surface area contributed by atoms with E-state index in [9.17, 15) is 20.2 Å². The largest absolute Gasteiger partial charge is 0.345 e. The summed E-state index contributed by atoms with van der Waals surface area (Å²) in [7, 11) is 3.87. The Kier molecular flexibility index (Phi) is 18.5. The van der Waals surface area contributed by atoms with Gasteiger partial charge in [0.05, 0.1) is 9.85 Å². The number of anilines is 10. The number of benzene rings is 14. The van der Waals surface area contributed by atoms with Crippen LogP contribution in [-0.4, -0.2) is 23.9 Å². The van der Waals surface area contributed by atoms with E-state index in [0.717, 1.165) is 101 Å². The molecule has 0 aliphatic heterocycles. The van der Waals surface area contributed by atoms with E-state index in [1.165, 1.54) is 40.5 Å². The molecule has 14 aromatic carbocycles. The maximum atomic E-state index is 11.3. The Labute approximate surface area is 559 Å². The fourth-order valence-electron chi connectivity index (χ4n) is 12.0. The van der Waals surface area contributed by atoms with Gasteiger partial charge in [0.25, 0.3) is 11.4 Å². The van der Waals surface area contributed by atoms with Crippen LogP contribution in [0.1, 0.15) is 0 Å². The van der Waals surface area contributed by atoms with Gasteiger partial charge in [0.15, 0.2) is 0 Å². The molecule has 0 aliphatic rings. The first-order valence-corrected chi connectivity index (χ1v) is 31.7. The third-order valence-electron chi connectivity index (χ3n) is 17.1. The molecule has 0 aliphatic carbocycles. The monoisotopic (exact) mass is 1250 g/mol. The van der Waals surface area contributed by atoms with Crippen molar-refractivity contribution in [3.8, 4) is 66.8 Å². The quantitative estimate of drug-likeness (QED) is 0.0619. The highest BCUT2D eigenvalue weighted by Gasteiger charge is 2.19. The second kappa shape index (κ2) is 28.7. The van der Waals surface area contributed by atoms with Crippen LogP contribution in [0.2, 0.25) is 0 Å². The third kappa shape index (κ3) is 14.2. The molecule has 0 spiro atoms. The molecule has 0 amide bonds. The van der Waals surface area contributed by atoms with Crippen molar-refractivity contribution in [3.05, 3.63) is 384 Å². The average Bonchev–Trinajstić information content (AvgIpc) is 0.862. The van der Waals surface area contributed by atoms with E-state index < -0.39 is 0 Å². The summed E-state index contributed by atoms with van der Waals surface area (Å²) < 4.78 is 0. The molecular formula is C86H66N6O4. The minimum absolute atomic E-state index is 0.0729. The molecule has 14 aromatic rings. The van der Waals surface area contributed by atoms with Crippen LogP contribution < -0.4 is 19.6 Å². The Morgan fingerprint density at radius 3 is 0.719 bits per heavy atom. The number of nitrogens with zero attached hydrogens (tertiary/aromatic N) is 6. The number of nitro groups is 2. The van der Waals surface area contributed by atoms with Crippen LogP contribution in [0.15, 0.2) is 364 Å². The van der Waals surface area contributed by atoms with Gasteiger partial charge in [0.1, 0.15) is 0 Å². The first-order chi connectivity index (χ1) is 47.1. The minimum atomic E-state index is -0.382. The molecule has 14 rings (SSSR count). The van der Waals surface area contributed by atoms with Crippen molar-refractivity contribution in [2.24, 2.45) is 0 Å². The average molecular weight is 1250 g/mol. The smallest absolute Gasteiger partial charge is 0.271 e. The van der Waals surface area contributed by atoms with Crippen molar-refractivity contribution in [1.82, 2.24) is 0 Å². The van der Waals surface area contributed by atoms with Crippen LogP contribution in [0.4, 0.5) is 68.2 Å². The lowest BCUT2D eigenvalue weighted by molar-refractivity contribution is -0.385. The van der Waals surface area contributed by atoms with E-state index in [2.05, 4.69) is 289 Å². The van der Waals surface area contributed by atoms with Crippen LogP contribution in [0.25, 0.3) is 66.8 Å². The van der Waals surface area contributed by atoms with Crippen molar-refractivity contribution >= 4 is 68.2 Å². The Hall–Kier alpha value is -12.9. The third-order valence-corrected chi connectivity index (χ3v) is 17.1. The van der Waals surface area contributed by atoms with Gasteiger partial charge in [-0.15, -0.1) is 0 Å². The number of hydrogen-bond donors (Lipinski definition) is 0. The first kappa shape index (κ1) is 61.9. The first-order valence-electron chi connectivity index (χ1n) is 31.7. The van der Waals surface area contributed by atoms with Crippen molar-refractivity contribution in [3.63, 3.8) is 0 Å². The van der Waals surface area contributed by atoms with Crippen molar-refractivity contribution in [2.45, 2.75) is 0 Å². The second-order valence-corrected chi connectivity index (χ2v) is 23.2. The van der Waals surface area contributed by atoms with E-state index in [-0.39, 0.29) is 21.2 Å². The summed E-state index contributed by atoms with van der Waals surface area (Å²) in [5, 5.41) is 22.3. The summed E-state index contributed by atoms with van der Waals surface area (Å²) in [5.74, 6) is 0.